The summed E-state index contributed by atoms with van der Waals surface area (Å²) in [6.45, 7) is 2.91. The Morgan fingerprint density at radius 1 is 1.24 bits per heavy atom. The minimum Gasteiger partial charge on any atom is -0.497 e. The maximum atomic E-state index is 5.77. The lowest BCUT2D eigenvalue weighted by Gasteiger charge is -2.30. The van der Waals surface area contributed by atoms with Crippen LogP contribution in [0.5, 0.6) is 11.5 Å². The van der Waals surface area contributed by atoms with Gasteiger partial charge in [-0.25, -0.2) is 0 Å². The predicted octanol–water partition coefficient (Wildman–Crippen LogP) is 5.01. The van der Waals surface area contributed by atoms with Crippen molar-refractivity contribution in [1.82, 2.24) is 0 Å². The Morgan fingerprint density at radius 2 is 2.05 bits per heavy atom. The van der Waals surface area contributed by atoms with E-state index in [4.69, 9.17) is 9.47 Å². The minimum atomic E-state index is 0.286. The standard InChI is InChI=1S/C18H19BrO2/c1-12-11-13(20-2)7-8-14(12)18(19)16-9-10-21-17-6-4-3-5-15(16)17/h3-8,11,16,18H,9-10H2,1-2H3. The largest absolute Gasteiger partial charge is 0.497 e. The van der Waals surface area contributed by atoms with Crippen LogP contribution in [-0.2, 0) is 0 Å². The molecular weight excluding hydrogens is 328 g/mol. The molecule has 1 aliphatic heterocycles. The van der Waals surface area contributed by atoms with Gasteiger partial charge in [0, 0.05) is 10.7 Å². The Balaban J connectivity index is 1.94. The van der Waals surface area contributed by atoms with E-state index in [1.165, 1.54) is 16.7 Å². The first-order valence-corrected chi connectivity index (χ1v) is 8.12. The SMILES string of the molecule is COc1ccc(C(Br)C2CCOc3ccccc32)c(C)c1. The second-order valence-electron chi connectivity index (χ2n) is 5.41. The van der Waals surface area contributed by atoms with Crippen LogP contribution in [0.15, 0.2) is 42.5 Å². The van der Waals surface area contributed by atoms with Crippen molar-refractivity contribution >= 4 is 15.9 Å². The summed E-state index contributed by atoms with van der Waals surface area (Å²) in [5.41, 5.74) is 3.86. The molecule has 110 valence electrons. The molecule has 0 saturated heterocycles. The van der Waals surface area contributed by atoms with Gasteiger partial charge in [0.05, 0.1) is 13.7 Å². The molecule has 0 N–H and O–H groups in total. The van der Waals surface area contributed by atoms with E-state index in [9.17, 15) is 0 Å². The Hall–Kier alpha value is -1.48. The topological polar surface area (TPSA) is 18.5 Å². The smallest absolute Gasteiger partial charge is 0.122 e. The molecule has 0 bridgehead atoms. The summed E-state index contributed by atoms with van der Waals surface area (Å²) in [6.07, 6.45) is 1.03. The van der Waals surface area contributed by atoms with Crippen molar-refractivity contribution in [2.24, 2.45) is 0 Å². The van der Waals surface area contributed by atoms with Gasteiger partial charge in [-0.05, 0) is 48.2 Å². The summed E-state index contributed by atoms with van der Waals surface area (Å²) < 4.78 is 11.1. The number of hydrogen-bond donors (Lipinski definition) is 0. The van der Waals surface area contributed by atoms with E-state index in [0.717, 1.165) is 24.5 Å². The third kappa shape index (κ3) is 2.80. The van der Waals surface area contributed by atoms with Gasteiger partial charge in [0.25, 0.3) is 0 Å². The second kappa shape index (κ2) is 6.10. The molecule has 2 unspecified atom stereocenters. The molecule has 0 saturated carbocycles. The van der Waals surface area contributed by atoms with E-state index < -0.39 is 0 Å². The van der Waals surface area contributed by atoms with Gasteiger partial charge in [0.1, 0.15) is 11.5 Å². The van der Waals surface area contributed by atoms with Gasteiger partial charge in [0.15, 0.2) is 0 Å². The van der Waals surface area contributed by atoms with Crippen molar-refractivity contribution in [3.63, 3.8) is 0 Å². The van der Waals surface area contributed by atoms with Crippen molar-refractivity contribution in [2.45, 2.75) is 24.1 Å². The number of alkyl halides is 1. The molecule has 1 heterocycles. The summed E-state index contributed by atoms with van der Waals surface area (Å²) >= 11 is 3.92. The molecule has 2 aromatic carbocycles. The zero-order valence-corrected chi connectivity index (χ0v) is 13.9. The predicted molar refractivity (Wildman–Crippen MR) is 88.7 cm³/mol. The summed E-state index contributed by atoms with van der Waals surface area (Å²) in [5, 5.41) is 0. The summed E-state index contributed by atoms with van der Waals surface area (Å²) in [7, 11) is 1.70. The molecule has 0 radical (unpaired) electrons. The monoisotopic (exact) mass is 346 g/mol. The minimum absolute atomic E-state index is 0.286. The van der Waals surface area contributed by atoms with Crippen molar-refractivity contribution in [3.05, 3.63) is 59.2 Å². The molecule has 1 aliphatic rings. The lowest BCUT2D eigenvalue weighted by atomic mass is 9.86. The number of ether oxygens (including phenoxy) is 2. The van der Waals surface area contributed by atoms with Crippen LogP contribution in [0.4, 0.5) is 0 Å². The highest BCUT2D eigenvalue weighted by atomic mass is 79.9. The highest BCUT2D eigenvalue weighted by molar-refractivity contribution is 9.09. The third-order valence-corrected chi connectivity index (χ3v) is 5.26. The van der Waals surface area contributed by atoms with Gasteiger partial charge in [-0.15, -0.1) is 0 Å². The van der Waals surface area contributed by atoms with Crippen LogP contribution in [0.1, 0.15) is 33.9 Å². The summed E-state index contributed by atoms with van der Waals surface area (Å²) in [5.74, 6) is 2.36. The molecule has 0 aromatic heterocycles. The van der Waals surface area contributed by atoms with E-state index in [2.05, 4.69) is 53.2 Å². The van der Waals surface area contributed by atoms with Gasteiger partial charge in [0.2, 0.25) is 0 Å². The third-order valence-electron chi connectivity index (χ3n) is 4.13. The molecule has 0 aliphatic carbocycles. The number of para-hydroxylation sites is 1. The molecule has 0 spiro atoms. The average molecular weight is 347 g/mol. The maximum Gasteiger partial charge on any atom is 0.122 e. The molecule has 2 nitrogen and oxygen atoms in total. The van der Waals surface area contributed by atoms with Gasteiger partial charge < -0.3 is 9.47 Å². The Labute approximate surface area is 134 Å². The molecule has 3 heteroatoms. The maximum absolute atomic E-state index is 5.77. The number of aryl methyl sites for hydroxylation is 1. The van der Waals surface area contributed by atoms with Crippen molar-refractivity contribution in [1.29, 1.82) is 0 Å². The molecule has 0 fully saturated rings. The lowest BCUT2D eigenvalue weighted by molar-refractivity contribution is 0.266. The average Bonchev–Trinajstić information content (AvgIpc) is 2.53. The van der Waals surface area contributed by atoms with Crippen molar-refractivity contribution < 1.29 is 9.47 Å². The van der Waals surface area contributed by atoms with Crippen molar-refractivity contribution in [3.8, 4) is 11.5 Å². The Kier molecular flexibility index (Phi) is 4.20. The van der Waals surface area contributed by atoms with Crippen LogP contribution in [0, 0.1) is 6.92 Å². The van der Waals surface area contributed by atoms with E-state index in [0.29, 0.717) is 5.92 Å². The number of rotatable bonds is 3. The molecule has 3 rings (SSSR count). The van der Waals surface area contributed by atoms with E-state index in [-0.39, 0.29) is 4.83 Å². The Morgan fingerprint density at radius 3 is 2.81 bits per heavy atom. The van der Waals surface area contributed by atoms with E-state index >= 15 is 0 Å². The molecule has 2 atom stereocenters. The summed E-state index contributed by atoms with van der Waals surface area (Å²) in [6, 6.07) is 14.6. The number of hydrogen-bond acceptors (Lipinski definition) is 2. The fourth-order valence-corrected chi connectivity index (χ4v) is 4.04. The number of halogens is 1. The second-order valence-corrected chi connectivity index (χ2v) is 6.39. The molecule has 2 aromatic rings. The molecule has 21 heavy (non-hydrogen) atoms. The van der Waals surface area contributed by atoms with Gasteiger partial charge in [-0.3, -0.25) is 0 Å². The van der Waals surface area contributed by atoms with Crippen molar-refractivity contribution in [2.75, 3.05) is 13.7 Å². The fourth-order valence-electron chi connectivity index (χ4n) is 2.97. The van der Waals surface area contributed by atoms with E-state index in [1.807, 2.05) is 12.1 Å². The van der Waals surface area contributed by atoms with Crippen LogP contribution < -0.4 is 9.47 Å². The zero-order valence-electron chi connectivity index (χ0n) is 12.3. The van der Waals surface area contributed by atoms with Crippen LogP contribution in [-0.4, -0.2) is 13.7 Å². The quantitative estimate of drug-likeness (QED) is 0.727. The first-order chi connectivity index (χ1) is 10.2. The number of benzene rings is 2. The van der Waals surface area contributed by atoms with Crippen LogP contribution in [0.25, 0.3) is 0 Å². The highest BCUT2D eigenvalue weighted by Gasteiger charge is 2.29. The molecular formula is C18H19BrO2. The number of methoxy groups -OCH3 is 1. The van der Waals surface area contributed by atoms with Crippen LogP contribution >= 0.6 is 15.9 Å². The Bertz CT molecular complexity index is 639. The molecule has 0 amide bonds. The summed E-state index contributed by atoms with van der Waals surface area (Å²) in [4.78, 5) is 0.286. The van der Waals surface area contributed by atoms with E-state index in [1.54, 1.807) is 7.11 Å². The van der Waals surface area contributed by atoms with Crippen LogP contribution in [0.2, 0.25) is 0 Å². The normalized spacial score (nSPS) is 18.5. The van der Waals surface area contributed by atoms with Gasteiger partial charge >= 0.3 is 0 Å². The first-order valence-electron chi connectivity index (χ1n) is 7.21. The van der Waals surface area contributed by atoms with Gasteiger partial charge in [-0.2, -0.15) is 0 Å². The fraction of sp³-hybridized carbons (Fsp3) is 0.333. The van der Waals surface area contributed by atoms with Gasteiger partial charge in [-0.1, -0.05) is 40.2 Å². The lowest BCUT2D eigenvalue weighted by Crippen LogP contribution is -2.18. The number of fused-ring (bicyclic) bond motifs is 1. The van der Waals surface area contributed by atoms with Crippen LogP contribution in [0.3, 0.4) is 0 Å². The highest BCUT2D eigenvalue weighted by Crippen LogP contribution is 2.46. The zero-order chi connectivity index (χ0) is 14.8. The first kappa shape index (κ1) is 14.5.